The zero-order valence-corrected chi connectivity index (χ0v) is 12.9. The molecule has 1 rings (SSSR count). The molecular formula is C13H19ClN2O3S. The molecule has 5 nitrogen and oxygen atoms in total. The highest BCUT2D eigenvalue weighted by molar-refractivity contribution is 7.84. The molecule has 0 aromatic heterocycles. The van der Waals surface area contributed by atoms with E-state index in [0.29, 0.717) is 47.4 Å². The van der Waals surface area contributed by atoms with Crippen molar-refractivity contribution in [3.63, 3.8) is 0 Å². The Morgan fingerprint density at radius 2 is 2.20 bits per heavy atom. The lowest BCUT2D eigenvalue weighted by Crippen LogP contribution is -2.15. The van der Waals surface area contributed by atoms with Crippen molar-refractivity contribution in [1.29, 1.82) is 0 Å². The third kappa shape index (κ3) is 6.36. The van der Waals surface area contributed by atoms with Crippen LogP contribution in [-0.4, -0.2) is 35.3 Å². The molecule has 0 bridgehead atoms. The molecule has 0 heterocycles. The van der Waals surface area contributed by atoms with E-state index in [1.165, 1.54) is 0 Å². The quantitative estimate of drug-likeness (QED) is 0.719. The van der Waals surface area contributed by atoms with Gasteiger partial charge in [0.05, 0.1) is 18.0 Å². The van der Waals surface area contributed by atoms with Gasteiger partial charge in [-0.15, -0.1) is 0 Å². The molecule has 1 unspecified atom stereocenters. The fourth-order valence-electron chi connectivity index (χ4n) is 1.52. The Hall–Kier alpha value is -1.11. The van der Waals surface area contributed by atoms with Crippen LogP contribution in [0.15, 0.2) is 18.2 Å². The molecule has 0 spiro atoms. The summed E-state index contributed by atoms with van der Waals surface area (Å²) in [5.74, 6) is 0.823. The molecule has 1 amide bonds. The highest BCUT2D eigenvalue weighted by Gasteiger charge is 2.07. The first-order valence-electron chi connectivity index (χ1n) is 6.21. The van der Waals surface area contributed by atoms with Crippen LogP contribution in [0, 0.1) is 0 Å². The van der Waals surface area contributed by atoms with E-state index < -0.39 is 10.8 Å². The van der Waals surface area contributed by atoms with Crippen LogP contribution in [0.5, 0.6) is 0 Å². The van der Waals surface area contributed by atoms with Gasteiger partial charge in [-0.1, -0.05) is 11.6 Å². The third-order valence-electron chi connectivity index (χ3n) is 2.58. The second-order valence-corrected chi connectivity index (χ2v) is 6.36. The lowest BCUT2D eigenvalue weighted by molar-refractivity contribution is -0.116. The van der Waals surface area contributed by atoms with Gasteiger partial charge in [-0.25, -0.2) is 0 Å². The molecule has 112 valence electrons. The lowest BCUT2D eigenvalue weighted by Gasteiger charge is -2.08. The molecule has 1 aromatic carbocycles. The number of carbonyl (C=O) groups is 1. The maximum atomic E-state index is 11.7. The fourth-order valence-corrected chi connectivity index (χ4v) is 2.72. The van der Waals surface area contributed by atoms with Gasteiger partial charge in [-0.2, -0.15) is 0 Å². The topological polar surface area (TPSA) is 81.4 Å². The van der Waals surface area contributed by atoms with Crippen molar-refractivity contribution < 1.29 is 13.7 Å². The van der Waals surface area contributed by atoms with Crippen molar-refractivity contribution in [2.75, 3.05) is 36.3 Å². The average Bonchev–Trinajstić information content (AvgIpc) is 2.40. The Labute approximate surface area is 126 Å². The summed E-state index contributed by atoms with van der Waals surface area (Å²) in [6, 6.07) is 4.90. The van der Waals surface area contributed by atoms with Crippen molar-refractivity contribution in [3.05, 3.63) is 23.2 Å². The second-order valence-electron chi connectivity index (χ2n) is 4.22. The zero-order chi connectivity index (χ0) is 15.0. The molecule has 0 radical (unpaired) electrons. The molecule has 20 heavy (non-hydrogen) atoms. The van der Waals surface area contributed by atoms with E-state index in [2.05, 4.69) is 5.32 Å². The van der Waals surface area contributed by atoms with E-state index in [4.69, 9.17) is 22.1 Å². The summed E-state index contributed by atoms with van der Waals surface area (Å²) in [6.07, 6.45) is 0.854. The van der Waals surface area contributed by atoms with E-state index in [9.17, 15) is 9.00 Å². The highest BCUT2D eigenvalue weighted by Crippen LogP contribution is 2.23. The maximum absolute atomic E-state index is 11.7. The number of rotatable bonds is 8. The zero-order valence-electron chi connectivity index (χ0n) is 11.4. The molecule has 0 aliphatic rings. The molecule has 0 fully saturated rings. The van der Waals surface area contributed by atoms with Crippen molar-refractivity contribution in [2.24, 2.45) is 0 Å². The van der Waals surface area contributed by atoms with Crippen LogP contribution < -0.4 is 11.1 Å². The van der Waals surface area contributed by atoms with Gasteiger partial charge in [-0.05, 0) is 24.6 Å². The molecule has 0 aliphatic heterocycles. The minimum Gasteiger partial charge on any atom is -0.397 e. The summed E-state index contributed by atoms with van der Waals surface area (Å²) in [5, 5.41) is 3.21. The van der Waals surface area contributed by atoms with Crippen LogP contribution in [0.4, 0.5) is 11.4 Å². The first-order chi connectivity index (χ1) is 9.52. The Morgan fingerprint density at radius 3 is 2.90 bits per heavy atom. The number of hydrogen-bond acceptors (Lipinski definition) is 4. The van der Waals surface area contributed by atoms with Crippen LogP contribution in [0.2, 0.25) is 5.02 Å². The smallest absolute Gasteiger partial charge is 0.224 e. The largest absolute Gasteiger partial charge is 0.397 e. The van der Waals surface area contributed by atoms with E-state index >= 15 is 0 Å². The van der Waals surface area contributed by atoms with E-state index in [-0.39, 0.29) is 5.91 Å². The summed E-state index contributed by atoms with van der Waals surface area (Å²) in [6.45, 7) is 0.470. The van der Waals surface area contributed by atoms with E-state index in [1.54, 1.807) is 25.3 Å². The van der Waals surface area contributed by atoms with Gasteiger partial charge in [0, 0.05) is 40.9 Å². The highest BCUT2D eigenvalue weighted by atomic mass is 35.5. The summed E-state index contributed by atoms with van der Waals surface area (Å²) in [7, 11) is 0.628. The number of amides is 1. The van der Waals surface area contributed by atoms with Crippen LogP contribution in [-0.2, 0) is 20.3 Å². The van der Waals surface area contributed by atoms with Crippen LogP contribution in [0.1, 0.15) is 12.8 Å². The summed E-state index contributed by atoms with van der Waals surface area (Å²) in [5.41, 5.74) is 6.70. The molecule has 0 aliphatic carbocycles. The molecule has 0 saturated heterocycles. The van der Waals surface area contributed by atoms with Gasteiger partial charge in [0.1, 0.15) is 0 Å². The second kappa shape index (κ2) is 8.94. The first kappa shape index (κ1) is 16.9. The SMILES string of the molecule is COCCS(=O)CCCC(=O)Nc1cc(Cl)ccc1N. The Kier molecular flexibility index (Phi) is 7.58. The number of nitrogens with one attached hydrogen (secondary N) is 1. The van der Waals surface area contributed by atoms with Crippen LogP contribution >= 0.6 is 11.6 Å². The predicted octanol–water partition coefficient (Wildman–Crippen LogP) is 2.04. The fraction of sp³-hybridized carbons (Fsp3) is 0.462. The number of ether oxygens (including phenoxy) is 1. The van der Waals surface area contributed by atoms with Gasteiger partial charge in [0.15, 0.2) is 0 Å². The molecule has 3 N–H and O–H groups in total. The number of nitrogen functional groups attached to an aromatic ring is 1. The van der Waals surface area contributed by atoms with Crippen molar-refractivity contribution in [3.8, 4) is 0 Å². The molecule has 1 atom stereocenters. The monoisotopic (exact) mass is 318 g/mol. The van der Waals surface area contributed by atoms with Gasteiger partial charge < -0.3 is 15.8 Å². The third-order valence-corrected chi connectivity index (χ3v) is 4.18. The maximum Gasteiger partial charge on any atom is 0.224 e. The number of carbonyl (C=O) groups excluding carboxylic acids is 1. The number of anilines is 2. The molecule has 1 aromatic rings. The van der Waals surface area contributed by atoms with Crippen molar-refractivity contribution >= 4 is 39.7 Å². The van der Waals surface area contributed by atoms with Crippen molar-refractivity contribution in [2.45, 2.75) is 12.8 Å². The van der Waals surface area contributed by atoms with Gasteiger partial charge >= 0.3 is 0 Å². The van der Waals surface area contributed by atoms with Crippen LogP contribution in [0.3, 0.4) is 0 Å². The number of benzene rings is 1. The molecule has 0 saturated carbocycles. The standard InChI is InChI=1S/C13H19ClN2O3S/c1-19-6-8-20(18)7-2-3-13(17)16-12-9-10(14)4-5-11(12)15/h4-5,9H,2-3,6-8,15H2,1H3,(H,16,17). The van der Waals surface area contributed by atoms with Gasteiger partial charge in [0.25, 0.3) is 0 Å². The van der Waals surface area contributed by atoms with Crippen LogP contribution in [0.25, 0.3) is 0 Å². The first-order valence-corrected chi connectivity index (χ1v) is 8.08. The van der Waals surface area contributed by atoms with Gasteiger partial charge in [-0.3, -0.25) is 9.00 Å². The van der Waals surface area contributed by atoms with E-state index in [0.717, 1.165) is 0 Å². The molecular weight excluding hydrogens is 300 g/mol. The van der Waals surface area contributed by atoms with Crippen molar-refractivity contribution in [1.82, 2.24) is 0 Å². The average molecular weight is 319 g/mol. The summed E-state index contributed by atoms with van der Waals surface area (Å²) in [4.78, 5) is 11.7. The number of methoxy groups -OCH3 is 1. The summed E-state index contributed by atoms with van der Waals surface area (Å²) >= 11 is 5.84. The molecule has 7 heteroatoms. The summed E-state index contributed by atoms with van der Waals surface area (Å²) < 4.78 is 16.3. The Morgan fingerprint density at radius 1 is 1.45 bits per heavy atom. The Bertz CT molecular complexity index is 483. The van der Waals surface area contributed by atoms with Gasteiger partial charge in [0.2, 0.25) is 5.91 Å². The minimum absolute atomic E-state index is 0.164. The van der Waals surface area contributed by atoms with E-state index in [1.807, 2.05) is 0 Å². The minimum atomic E-state index is -0.942. The number of halogens is 1. The number of hydrogen-bond donors (Lipinski definition) is 2. The number of nitrogens with two attached hydrogens (primary N) is 1. The predicted molar refractivity (Wildman–Crippen MR) is 83.5 cm³/mol. The Balaban J connectivity index is 2.33. The normalized spacial score (nSPS) is 12.1. The lowest BCUT2D eigenvalue weighted by atomic mass is 10.2.